The standard InChI is InChI=1S/C25H33NO7S/c1-17-7-8-20(13-18(17)2)25(9-6-12-34(28,29)30)10-11-26(16-25)24(27)19-14-21(31-3)23(33-5)22(15-19)32-4/h7-8,13-15H,6,9-12,16H2,1-5H3,(H,28,29,30). The zero-order chi connectivity index (χ0) is 25.1. The smallest absolute Gasteiger partial charge is 0.264 e. The minimum absolute atomic E-state index is 0.167. The summed E-state index contributed by atoms with van der Waals surface area (Å²) in [4.78, 5) is 15.3. The molecule has 1 heterocycles. The molecule has 8 nitrogen and oxygen atoms in total. The molecule has 0 saturated carbocycles. The first-order valence-electron chi connectivity index (χ1n) is 11.2. The molecule has 1 unspecified atom stereocenters. The van der Waals surface area contributed by atoms with Crippen LogP contribution in [0.4, 0.5) is 0 Å². The van der Waals surface area contributed by atoms with E-state index >= 15 is 0 Å². The van der Waals surface area contributed by atoms with Crippen LogP contribution in [0, 0.1) is 13.8 Å². The van der Waals surface area contributed by atoms with Gasteiger partial charge in [-0.05, 0) is 61.9 Å². The van der Waals surface area contributed by atoms with E-state index in [4.69, 9.17) is 14.2 Å². The Morgan fingerprint density at radius 1 is 1.03 bits per heavy atom. The Bertz CT molecular complexity index is 1140. The van der Waals surface area contributed by atoms with Crippen molar-refractivity contribution in [1.82, 2.24) is 4.90 Å². The van der Waals surface area contributed by atoms with E-state index in [1.54, 1.807) is 17.0 Å². The monoisotopic (exact) mass is 491 g/mol. The Kier molecular flexibility index (Phi) is 7.77. The van der Waals surface area contributed by atoms with Crippen molar-refractivity contribution in [3.05, 3.63) is 52.6 Å². The molecule has 1 amide bonds. The van der Waals surface area contributed by atoms with E-state index < -0.39 is 15.5 Å². The molecule has 2 aromatic carbocycles. The van der Waals surface area contributed by atoms with Crippen molar-refractivity contribution in [3.8, 4) is 17.2 Å². The predicted molar refractivity (Wildman–Crippen MR) is 130 cm³/mol. The van der Waals surface area contributed by atoms with Crippen molar-refractivity contribution >= 4 is 16.0 Å². The number of rotatable bonds is 9. The molecule has 1 N–H and O–H groups in total. The lowest BCUT2D eigenvalue weighted by Crippen LogP contribution is -2.35. The molecule has 0 bridgehead atoms. The summed E-state index contributed by atoms with van der Waals surface area (Å²) in [7, 11) is 0.455. The number of ether oxygens (including phenoxy) is 3. The maximum atomic E-state index is 13.5. The SMILES string of the molecule is COc1cc(C(=O)N2CCC(CCCS(=O)(=O)O)(c3ccc(C)c(C)c3)C2)cc(OC)c1OC. The Labute approximate surface area is 201 Å². The molecule has 0 radical (unpaired) electrons. The first-order valence-corrected chi connectivity index (χ1v) is 12.8. The Hall–Kier alpha value is -2.78. The van der Waals surface area contributed by atoms with Crippen molar-refractivity contribution in [2.24, 2.45) is 0 Å². The molecule has 1 fully saturated rings. The number of hydrogen-bond acceptors (Lipinski definition) is 6. The van der Waals surface area contributed by atoms with Gasteiger partial charge < -0.3 is 19.1 Å². The van der Waals surface area contributed by atoms with Crippen molar-refractivity contribution in [2.45, 2.75) is 38.5 Å². The summed E-state index contributed by atoms with van der Waals surface area (Å²) in [5.41, 5.74) is 3.40. The fourth-order valence-corrected chi connectivity index (χ4v) is 5.19. The van der Waals surface area contributed by atoms with Crippen LogP contribution in [-0.4, -0.2) is 63.9 Å². The maximum absolute atomic E-state index is 13.5. The normalized spacial score (nSPS) is 18.1. The lowest BCUT2D eigenvalue weighted by atomic mass is 9.75. The Morgan fingerprint density at radius 3 is 2.21 bits per heavy atom. The van der Waals surface area contributed by atoms with Crippen molar-refractivity contribution in [3.63, 3.8) is 0 Å². The number of hydrogen-bond donors (Lipinski definition) is 1. The third-order valence-electron chi connectivity index (χ3n) is 6.73. The topological polar surface area (TPSA) is 102 Å². The molecule has 0 aliphatic carbocycles. The number of aryl methyl sites for hydroxylation is 2. The van der Waals surface area contributed by atoms with Crippen LogP contribution in [0.3, 0.4) is 0 Å². The van der Waals surface area contributed by atoms with Gasteiger partial charge in [0.25, 0.3) is 16.0 Å². The van der Waals surface area contributed by atoms with Crippen molar-refractivity contribution in [2.75, 3.05) is 40.2 Å². The number of carbonyl (C=O) groups excluding carboxylic acids is 1. The van der Waals surface area contributed by atoms with E-state index in [0.29, 0.717) is 55.2 Å². The molecule has 1 aliphatic rings. The quantitative estimate of drug-likeness (QED) is 0.533. The molecule has 0 spiro atoms. The summed E-state index contributed by atoms with van der Waals surface area (Å²) in [5.74, 6) is 0.744. The highest BCUT2D eigenvalue weighted by Crippen LogP contribution is 2.42. The van der Waals surface area contributed by atoms with Gasteiger partial charge in [-0.15, -0.1) is 0 Å². The zero-order valence-corrected chi connectivity index (χ0v) is 21.2. The largest absolute Gasteiger partial charge is 0.493 e. The van der Waals surface area contributed by atoms with Gasteiger partial charge in [0.05, 0.1) is 27.1 Å². The zero-order valence-electron chi connectivity index (χ0n) is 20.4. The van der Waals surface area contributed by atoms with E-state index in [2.05, 4.69) is 18.2 Å². The molecular weight excluding hydrogens is 458 g/mol. The van der Waals surface area contributed by atoms with E-state index in [1.165, 1.54) is 26.9 Å². The molecule has 3 rings (SSSR count). The highest BCUT2D eigenvalue weighted by Gasteiger charge is 2.41. The number of carbonyl (C=O) groups is 1. The summed E-state index contributed by atoms with van der Waals surface area (Å²) in [6.07, 6.45) is 1.53. The van der Waals surface area contributed by atoms with Gasteiger partial charge >= 0.3 is 0 Å². The molecule has 1 saturated heterocycles. The molecule has 1 aliphatic heterocycles. The van der Waals surface area contributed by atoms with Gasteiger partial charge in [-0.3, -0.25) is 9.35 Å². The van der Waals surface area contributed by atoms with E-state index in [-0.39, 0.29) is 11.7 Å². The molecule has 34 heavy (non-hydrogen) atoms. The summed E-state index contributed by atoms with van der Waals surface area (Å²) in [6.45, 7) is 5.04. The lowest BCUT2D eigenvalue weighted by molar-refractivity contribution is 0.0781. The third-order valence-corrected chi connectivity index (χ3v) is 7.53. The van der Waals surface area contributed by atoms with Crippen LogP contribution < -0.4 is 14.2 Å². The second kappa shape index (κ2) is 10.2. The number of likely N-dealkylation sites (tertiary alicyclic amines) is 1. The van der Waals surface area contributed by atoms with Gasteiger partial charge in [0, 0.05) is 24.1 Å². The Balaban J connectivity index is 1.93. The minimum Gasteiger partial charge on any atom is -0.493 e. The molecule has 2 aromatic rings. The van der Waals surface area contributed by atoms with E-state index in [1.807, 2.05) is 13.8 Å². The maximum Gasteiger partial charge on any atom is 0.264 e. The van der Waals surface area contributed by atoms with Crippen LogP contribution in [0.5, 0.6) is 17.2 Å². The number of nitrogens with zero attached hydrogens (tertiary/aromatic N) is 1. The Morgan fingerprint density at radius 2 is 1.68 bits per heavy atom. The first kappa shape index (κ1) is 25.8. The fourth-order valence-electron chi connectivity index (χ4n) is 4.68. The highest BCUT2D eigenvalue weighted by atomic mass is 32.2. The van der Waals surface area contributed by atoms with E-state index in [9.17, 15) is 17.8 Å². The van der Waals surface area contributed by atoms with Crippen LogP contribution in [0.1, 0.15) is 46.3 Å². The van der Waals surface area contributed by atoms with Crippen LogP contribution >= 0.6 is 0 Å². The van der Waals surface area contributed by atoms with Gasteiger partial charge in [0.1, 0.15) is 0 Å². The fraction of sp³-hybridized carbons (Fsp3) is 0.480. The van der Waals surface area contributed by atoms with Crippen LogP contribution in [0.25, 0.3) is 0 Å². The highest BCUT2D eigenvalue weighted by molar-refractivity contribution is 7.85. The summed E-state index contributed by atoms with van der Waals surface area (Å²) >= 11 is 0. The van der Waals surface area contributed by atoms with Gasteiger partial charge in [-0.25, -0.2) is 0 Å². The van der Waals surface area contributed by atoms with Crippen molar-refractivity contribution < 1.29 is 32.0 Å². The first-order chi connectivity index (χ1) is 16.0. The van der Waals surface area contributed by atoms with Gasteiger partial charge in [-0.2, -0.15) is 8.42 Å². The number of amides is 1. The van der Waals surface area contributed by atoms with Gasteiger partial charge in [0.15, 0.2) is 11.5 Å². The second-order valence-electron chi connectivity index (χ2n) is 8.86. The third kappa shape index (κ3) is 5.47. The predicted octanol–water partition coefficient (Wildman–Crippen LogP) is 3.78. The summed E-state index contributed by atoms with van der Waals surface area (Å²) in [6, 6.07) is 9.51. The lowest BCUT2D eigenvalue weighted by Gasteiger charge is -2.31. The second-order valence-corrected chi connectivity index (χ2v) is 10.4. The summed E-state index contributed by atoms with van der Waals surface area (Å²) < 4.78 is 48.0. The van der Waals surface area contributed by atoms with Gasteiger partial charge in [0.2, 0.25) is 5.75 Å². The molecule has 186 valence electrons. The number of benzene rings is 2. The van der Waals surface area contributed by atoms with E-state index in [0.717, 1.165) is 11.1 Å². The molecular formula is C25H33NO7S. The van der Waals surface area contributed by atoms with Crippen LogP contribution in [-0.2, 0) is 15.5 Å². The minimum atomic E-state index is -4.05. The number of methoxy groups -OCH3 is 3. The average molecular weight is 492 g/mol. The van der Waals surface area contributed by atoms with Crippen LogP contribution in [0.2, 0.25) is 0 Å². The van der Waals surface area contributed by atoms with Crippen LogP contribution in [0.15, 0.2) is 30.3 Å². The molecule has 0 aromatic heterocycles. The van der Waals surface area contributed by atoms with Crippen molar-refractivity contribution in [1.29, 1.82) is 0 Å². The summed E-state index contributed by atoms with van der Waals surface area (Å²) in [5, 5.41) is 0. The average Bonchev–Trinajstić information content (AvgIpc) is 3.23. The van der Waals surface area contributed by atoms with Gasteiger partial charge in [-0.1, -0.05) is 18.2 Å². The molecule has 9 heteroatoms. The molecule has 1 atom stereocenters.